The Morgan fingerprint density at radius 1 is 1.00 bits per heavy atom. The summed E-state index contributed by atoms with van der Waals surface area (Å²) in [6, 6.07) is 18.6. The number of esters is 1. The van der Waals surface area contributed by atoms with Crippen molar-refractivity contribution in [1.82, 2.24) is 14.7 Å². The van der Waals surface area contributed by atoms with E-state index < -0.39 is 5.97 Å². The first-order valence-electron chi connectivity index (χ1n) is 10.8. The number of thiophene rings is 1. The third-order valence-electron chi connectivity index (χ3n) is 5.35. The first kappa shape index (κ1) is 24.0. The second-order valence-corrected chi connectivity index (χ2v) is 8.68. The summed E-state index contributed by atoms with van der Waals surface area (Å²) in [6.45, 7) is 0.0673. The standard InChI is InChI=1S/C26H25N3O5S/c1-28(15-20-10-7-13-35-20)24(30)17-34-26(31)25-21(16-29(27-25)19-8-5-4-6-9-19)18-11-12-22(32-2)23(14-18)33-3/h4-14,16H,15,17H2,1-3H3. The summed E-state index contributed by atoms with van der Waals surface area (Å²) in [7, 11) is 4.78. The third-order valence-corrected chi connectivity index (χ3v) is 6.21. The number of carbonyl (C=O) groups excluding carboxylic acids is 2. The number of ether oxygens (including phenoxy) is 3. The molecule has 0 bridgehead atoms. The highest BCUT2D eigenvalue weighted by Gasteiger charge is 2.23. The number of hydrogen-bond acceptors (Lipinski definition) is 7. The summed E-state index contributed by atoms with van der Waals surface area (Å²) in [6.07, 6.45) is 1.75. The van der Waals surface area contributed by atoms with Crippen LogP contribution < -0.4 is 9.47 Å². The summed E-state index contributed by atoms with van der Waals surface area (Å²) in [4.78, 5) is 28.2. The van der Waals surface area contributed by atoms with E-state index in [1.165, 1.54) is 4.90 Å². The lowest BCUT2D eigenvalue weighted by molar-refractivity contribution is -0.133. The molecule has 0 N–H and O–H groups in total. The molecular formula is C26H25N3O5S. The minimum Gasteiger partial charge on any atom is -0.493 e. The molecule has 0 saturated heterocycles. The van der Waals surface area contributed by atoms with Gasteiger partial charge in [-0.25, -0.2) is 9.48 Å². The Labute approximate surface area is 207 Å². The third kappa shape index (κ3) is 5.52. The van der Waals surface area contributed by atoms with Crippen molar-refractivity contribution in [3.8, 4) is 28.3 Å². The van der Waals surface area contributed by atoms with E-state index in [9.17, 15) is 9.59 Å². The van der Waals surface area contributed by atoms with Crippen molar-refractivity contribution in [1.29, 1.82) is 0 Å². The molecule has 2 aromatic heterocycles. The number of benzene rings is 2. The van der Waals surface area contributed by atoms with Gasteiger partial charge in [0.15, 0.2) is 23.8 Å². The van der Waals surface area contributed by atoms with Gasteiger partial charge in [0.25, 0.3) is 5.91 Å². The number of para-hydroxylation sites is 1. The molecule has 0 aliphatic carbocycles. The second kappa shape index (κ2) is 10.9. The lowest BCUT2D eigenvalue weighted by atomic mass is 10.1. The number of methoxy groups -OCH3 is 2. The molecule has 1 amide bonds. The van der Waals surface area contributed by atoms with Crippen LogP contribution in [0, 0.1) is 0 Å². The maximum atomic E-state index is 13.1. The predicted octanol–water partition coefficient (Wildman–Crippen LogP) is 4.43. The van der Waals surface area contributed by atoms with Crippen molar-refractivity contribution in [3.63, 3.8) is 0 Å². The van der Waals surface area contributed by atoms with E-state index in [1.54, 1.807) is 55.6 Å². The Kier molecular flexibility index (Phi) is 7.47. The summed E-state index contributed by atoms with van der Waals surface area (Å²) >= 11 is 1.56. The topological polar surface area (TPSA) is 82.9 Å². The van der Waals surface area contributed by atoms with Gasteiger partial charge in [-0.05, 0) is 41.3 Å². The molecule has 0 unspecified atom stereocenters. The number of carbonyl (C=O) groups is 2. The molecule has 2 heterocycles. The number of hydrogen-bond donors (Lipinski definition) is 0. The smallest absolute Gasteiger partial charge is 0.360 e. The fourth-order valence-electron chi connectivity index (χ4n) is 3.48. The van der Waals surface area contributed by atoms with Gasteiger partial charge in [0.1, 0.15) is 0 Å². The highest BCUT2D eigenvalue weighted by molar-refractivity contribution is 7.09. The summed E-state index contributed by atoms with van der Waals surface area (Å²) in [5, 5.41) is 6.44. The van der Waals surface area contributed by atoms with Crippen molar-refractivity contribution in [2.75, 3.05) is 27.9 Å². The zero-order valence-corrected chi connectivity index (χ0v) is 20.5. The molecule has 0 aliphatic rings. The van der Waals surface area contributed by atoms with E-state index in [1.807, 2.05) is 53.9 Å². The van der Waals surface area contributed by atoms with Crippen molar-refractivity contribution in [2.24, 2.45) is 0 Å². The number of nitrogens with zero attached hydrogens (tertiary/aromatic N) is 3. The Balaban J connectivity index is 1.59. The lowest BCUT2D eigenvalue weighted by Gasteiger charge is -2.16. The van der Waals surface area contributed by atoms with E-state index in [0.29, 0.717) is 29.2 Å². The van der Waals surface area contributed by atoms with Crippen LogP contribution in [0.25, 0.3) is 16.8 Å². The number of likely N-dealkylation sites (N-methyl/N-ethyl adjacent to an activating group) is 1. The summed E-state index contributed by atoms with van der Waals surface area (Å²) < 4.78 is 17.7. The van der Waals surface area contributed by atoms with Crippen molar-refractivity contribution >= 4 is 23.2 Å². The normalized spacial score (nSPS) is 10.6. The molecule has 180 valence electrons. The number of rotatable bonds is 9. The fraction of sp³-hybridized carbons (Fsp3) is 0.192. The van der Waals surface area contributed by atoms with Crippen LogP contribution in [0.1, 0.15) is 15.4 Å². The Morgan fingerprint density at radius 2 is 1.77 bits per heavy atom. The quantitative estimate of drug-likeness (QED) is 0.322. The number of aromatic nitrogens is 2. The average molecular weight is 492 g/mol. The average Bonchev–Trinajstić information content (AvgIpc) is 3.57. The fourth-order valence-corrected chi connectivity index (χ4v) is 4.24. The largest absolute Gasteiger partial charge is 0.493 e. The Bertz CT molecular complexity index is 1300. The molecule has 0 spiro atoms. The molecule has 0 fully saturated rings. The molecule has 0 saturated carbocycles. The van der Waals surface area contributed by atoms with Crippen molar-refractivity contribution in [2.45, 2.75) is 6.54 Å². The minimum atomic E-state index is -0.692. The zero-order chi connectivity index (χ0) is 24.8. The van der Waals surface area contributed by atoms with Crippen molar-refractivity contribution < 1.29 is 23.8 Å². The zero-order valence-electron chi connectivity index (χ0n) is 19.6. The van der Waals surface area contributed by atoms with Crippen LogP contribution in [0.3, 0.4) is 0 Å². The first-order chi connectivity index (χ1) is 17.0. The second-order valence-electron chi connectivity index (χ2n) is 7.65. The van der Waals surface area contributed by atoms with Crippen LogP contribution in [-0.4, -0.2) is 54.4 Å². The van der Waals surface area contributed by atoms with Crippen LogP contribution in [-0.2, 0) is 16.1 Å². The highest BCUT2D eigenvalue weighted by Crippen LogP contribution is 2.34. The van der Waals surface area contributed by atoms with E-state index in [-0.39, 0.29) is 18.2 Å². The van der Waals surface area contributed by atoms with Gasteiger partial charge in [-0.15, -0.1) is 11.3 Å². The summed E-state index contributed by atoms with van der Waals surface area (Å²) in [5.41, 5.74) is 2.10. The van der Waals surface area contributed by atoms with E-state index in [2.05, 4.69) is 5.10 Å². The summed E-state index contributed by atoms with van der Waals surface area (Å²) in [5.74, 6) is 0.0848. The molecule has 35 heavy (non-hydrogen) atoms. The Morgan fingerprint density at radius 3 is 2.46 bits per heavy atom. The SMILES string of the molecule is COc1ccc(-c2cn(-c3ccccc3)nc2C(=O)OCC(=O)N(C)Cc2cccs2)cc1OC. The predicted molar refractivity (Wildman–Crippen MR) is 133 cm³/mol. The van der Waals surface area contributed by atoms with Crippen LogP contribution in [0.4, 0.5) is 0 Å². The molecule has 0 aliphatic heterocycles. The molecule has 2 aromatic carbocycles. The van der Waals surface area contributed by atoms with Crippen LogP contribution in [0.2, 0.25) is 0 Å². The van der Waals surface area contributed by atoms with Gasteiger partial charge in [-0.3, -0.25) is 4.79 Å². The molecule has 8 nitrogen and oxygen atoms in total. The highest BCUT2D eigenvalue weighted by atomic mass is 32.1. The molecule has 0 atom stereocenters. The van der Waals surface area contributed by atoms with E-state index >= 15 is 0 Å². The lowest BCUT2D eigenvalue weighted by Crippen LogP contribution is -2.30. The molecule has 9 heteroatoms. The molecular weight excluding hydrogens is 466 g/mol. The van der Waals surface area contributed by atoms with Gasteiger partial charge in [-0.1, -0.05) is 30.3 Å². The van der Waals surface area contributed by atoms with E-state index in [0.717, 1.165) is 10.6 Å². The van der Waals surface area contributed by atoms with Crippen LogP contribution in [0.15, 0.2) is 72.2 Å². The van der Waals surface area contributed by atoms with Gasteiger partial charge < -0.3 is 19.1 Å². The first-order valence-corrected chi connectivity index (χ1v) is 11.7. The molecule has 0 radical (unpaired) electrons. The van der Waals surface area contributed by atoms with Crippen LogP contribution in [0.5, 0.6) is 11.5 Å². The van der Waals surface area contributed by atoms with Gasteiger partial charge in [0.05, 0.1) is 26.5 Å². The maximum absolute atomic E-state index is 13.1. The molecule has 4 aromatic rings. The minimum absolute atomic E-state index is 0.0924. The van der Waals surface area contributed by atoms with Gasteiger partial charge in [-0.2, -0.15) is 5.10 Å². The van der Waals surface area contributed by atoms with Gasteiger partial charge in [0.2, 0.25) is 0 Å². The Hall–Kier alpha value is -4.11. The van der Waals surface area contributed by atoms with Crippen LogP contribution >= 0.6 is 11.3 Å². The molecule has 4 rings (SSSR count). The maximum Gasteiger partial charge on any atom is 0.360 e. The number of amides is 1. The van der Waals surface area contributed by atoms with Gasteiger partial charge in [0, 0.05) is 23.7 Å². The van der Waals surface area contributed by atoms with Crippen molar-refractivity contribution in [3.05, 3.63) is 82.8 Å². The monoisotopic (exact) mass is 491 g/mol. The van der Waals surface area contributed by atoms with E-state index in [4.69, 9.17) is 14.2 Å². The van der Waals surface area contributed by atoms with Gasteiger partial charge >= 0.3 is 5.97 Å².